The highest BCUT2D eigenvalue weighted by atomic mass is 16.5. The highest BCUT2D eigenvalue weighted by Gasteiger charge is 2.01. The molecule has 2 nitrogen and oxygen atoms in total. The average Bonchev–Trinajstić information content (AvgIpc) is 2.32. The van der Waals surface area contributed by atoms with Crippen molar-refractivity contribution in [3.05, 3.63) is 11.8 Å². The monoisotopic (exact) mass is 240 g/mol. The van der Waals surface area contributed by atoms with E-state index in [1.165, 1.54) is 63.5 Å². The van der Waals surface area contributed by atoms with Crippen molar-refractivity contribution >= 4 is 0 Å². The van der Waals surface area contributed by atoms with E-state index in [0.717, 1.165) is 6.42 Å². The quantitative estimate of drug-likeness (QED) is 0.676. The molecular weight excluding hydrogens is 212 g/mol. The molecule has 0 aromatic carbocycles. The van der Waals surface area contributed by atoms with E-state index in [0.29, 0.717) is 13.2 Å². The lowest BCUT2D eigenvalue weighted by Crippen LogP contribution is -2.02. The van der Waals surface area contributed by atoms with Gasteiger partial charge in [-0.1, -0.05) is 38.5 Å². The molecule has 0 radical (unpaired) electrons. The summed E-state index contributed by atoms with van der Waals surface area (Å²) in [7, 11) is 1.72. The maximum absolute atomic E-state index is 5.76. The Morgan fingerprint density at radius 2 is 1.53 bits per heavy atom. The average molecular weight is 240 g/mol. The maximum Gasteiger partial charge on any atom is 0.111 e. The van der Waals surface area contributed by atoms with Crippen molar-refractivity contribution in [1.82, 2.24) is 0 Å². The van der Waals surface area contributed by atoms with Crippen LogP contribution in [-0.2, 0) is 9.47 Å². The molecule has 2 heteroatoms. The van der Waals surface area contributed by atoms with Crippen molar-refractivity contribution in [2.75, 3.05) is 20.3 Å². The van der Waals surface area contributed by atoms with Crippen LogP contribution >= 0.6 is 0 Å². The summed E-state index contributed by atoms with van der Waals surface area (Å²) in [6, 6.07) is 0. The zero-order valence-electron chi connectivity index (χ0n) is 11.4. The van der Waals surface area contributed by atoms with Gasteiger partial charge in [-0.15, -0.1) is 0 Å². The minimum absolute atomic E-state index is 0.692. The first-order valence-electron chi connectivity index (χ1n) is 7.24. The molecule has 0 aliphatic heterocycles. The van der Waals surface area contributed by atoms with Crippen molar-refractivity contribution in [3.8, 4) is 0 Å². The fourth-order valence-corrected chi connectivity index (χ4v) is 2.26. The Morgan fingerprint density at radius 3 is 2.24 bits per heavy atom. The zero-order valence-corrected chi connectivity index (χ0v) is 11.4. The van der Waals surface area contributed by atoms with E-state index >= 15 is 0 Å². The second kappa shape index (κ2) is 10.6. The molecule has 0 saturated heterocycles. The van der Waals surface area contributed by atoms with E-state index in [-0.39, 0.29) is 0 Å². The molecule has 1 aliphatic carbocycles. The first-order valence-corrected chi connectivity index (χ1v) is 7.24. The minimum atomic E-state index is 0.692. The third kappa shape index (κ3) is 8.25. The lowest BCUT2D eigenvalue weighted by Gasteiger charge is -2.11. The van der Waals surface area contributed by atoms with E-state index in [4.69, 9.17) is 9.47 Å². The maximum atomic E-state index is 5.76. The van der Waals surface area contributed by atoms with Crippen LogP contribution in [-0.4, -0.2) is 20.3 Å². The van der Waals surface area contributed by atoms with Crippen molar-refractivity contribution in [3.63, 3.8) is 0 Å². The van der Waals surface area contributed by atoms with Crippen LogP contribution in [0.15, 0.2) is 11.8 Å². The number of hydrogen-bond acceptors (Lipinski definition) is 2. The molecule has 0 N–H and O–H groups in total. The first-order chi connectivity index (χ1) is 8.43. The standard InChI is InChI=1S/C15H28O2/c1-16-13-14-17-15-11-9-7-5-3-2-4-6-8-10-12-15/h11H,2-10,12-14H2,1H3. The van der Waals surface area contributed by atoms with Gasteiger partial charge >= 0.3 is 0 Å². The smallest absolute Gasteiger partial charge is 0.111 e. The predicted octanol–water partition coefficient (Wildman–Crippen LogP) is 4.45. The van der Waals surface area contributed by atoms with Crippen molar-refractivity contribution in [2.24, 2.45) is 0 Å². The van der Waals surface area contributed by atoms with Crippen LogP contribution in [0.2, 0.25) is 0 Å². The molecule has 0 amide bonds. The Bertz CT molecular complexity index is 199. The summed E-state index contributed by atoms with van der Waals surface area (Å²) in [5, 5.41) is 0. The number of rotatable bonds is 4. The van der Waals surface area contributed by atoms with Crippen LogP contribution in [0, 0.1) is 0 Å². The van der Waals surface area contributed by atoms with Gasteiger partial charge < -0.3 is 9.47 Å². The Kier molecular flexibility index (Phi) is 9.11. The van der Waals surface area contributed by atoms with Crippen LogP contribution in [0.4, 0.5) is 0 Å². The number of allylic oxidation sites excluding steroid dienone is 2. The van der Waals surface area contributed by atoms with Crippen molar-refractivity contribution < 1.29 is 9.47 Å². The first kappa shape index (κ1) is 14.6. The Hall–Kier alpha value is -0.500. The summed E-state index contributed by atoms with van der Waals surface area (Å²) in [5.74, 6) is 1.20. The third-order valence-electron chi connectivity index (χ3n) is 3.32. The van der Waals surface area contributed by atoms with Gasteiger partial charge in [0.05, 0.1) is 12.4 Å². The zero-order chi connectivity index (χ0) is 12.2. The fourth-order valence-electron chi connectivity index (χ4n) is 2.26. The molecule has 0 fully saturated rings. The summed E-state index contributed by atoms with van der Waals surface area (Å²) in [6.07, 6.45) is 15.6. The normalized spacial score (nSPS) is 19.9. The molecule has 100 valence electrons. The molecule has 0 unspecified atom stereocenters. The number of hydrogen-bond donors (Lipinski definition) is 0. The van der Waals surface area contributed by atoms with Gasteiger partial charge in [0, 0.05) is 13.5 Å². The molecule has 0 atom stereocenters. The van der Waals surface area contributed by atoms with Gasteiger partial charge in [0.1, 0.15) is 6.61 Å². The van der Waals surface area contributed by atoms with Crippen molar-refractivity contribution in [1.29, 1.82) is 0 Å². The van der Waals surface area contributed by atoms with E-state index in [2.05, 4.69) is 6.08 Å². The highest BCUT2D eigenvalue weighted by molar-refractivity contribution is 4.93. The summed E-state index contributed by atoms with van der Waals surface area (Å²) >= 11 is 0. The second-order valence-electron chi connectivity index (χ2n) is 4.88. The fraction of sp³-hybridized carbons (Fsp3) is 0.867. The van der Waals surface area contributed by atoms with Crippen molar-refractivity contribution in [2.45, 2.75) is 64.2 Å². The second-order valence-corrected chi connectivity index (χ2v) is 4.88. The molecular formula is C15H28O2. The van der Waals surface area contributed by atoms with Gasteiger partial charge in [-0.2, -0.15) is 0 Å². The molecule has 1 aliphatic rings. The SMILES string of the molecule is COCCOC1=CCCCCCCCCCC1. The summed E-state index contributed by atoms with van der Waals surface area (Å²) in [5.41, 5.74) is 0. The lowest BCUT2D eigenvalue weighted by molar-refractivity contribution is 0.105. The Morgan fingerprint density at radius 1 is 0.882 bits per heavy atom. The van der Waals surface area contributed by atoms with E-state index in [1.807, 2.05) is 0 Å². The van der Waals surface area contributed by atoms with Gasteiger partial charge in [-0.25, -0.2) is 0 Å². The van der Waals surface area contributed by atoms with Crippen LogP contribution < -0.4 is 0 Å². The van der Waals surface area contributed by atoms with Crippen LogP contribution in [0.5, 0.6) is 0 Å². The third-order valence-corrected chi connectivity index (χ3v) is 3.32. The van der Waals surface area contributed by atoms with Gasteiger partial charge in [-0.05, 0) is 25.3 Å². The largest absolute Gasteiger partial charge is 0.496 e. The molecule has 0 aromatic heterocycles. The molecule has 0 saturated carbocycles. The van der Waals surface area contributed by atoms with Crippen LogP contribution in [0.3, 0.4) is 0 Å². The summed E-state index contributed by atoms with van der Waals surface area (Å²) in [4.78, 5) is 0. The number of ether oxygens (including phenoxy) is 2. The van der Waals surface area contributed by atoms with E-state index in [1.54, 1.807) is 7.11 Å². The predicted molar refractivity (Wildman–Crippen MR) is 72.1 cm³/mol. The Balaban J connectivity index is 2.28. The number of methoxy groups -OCH3 is 1. The molecule has 0 bridgehead atoms. The summed E-state index contributed by atoms with van der Waals surface area (Å²) < 4.78 is 10.8. The highest BCUT2D eigenvalue weighted by Crippen LogP contribution is 2.17. The van der Waals surface area contributed by atoms with E-state index in [9.17, 15) is 0 Å². The molecule has 1 rings (SSSR count). The summed E-state index contributed by atoms with van der Waals surface area (Å²) in [6.45, 7) is 1.39. The van der Waals surface area contributed by atoms with E-state index < -0.39 is 0 Å². The van der Waals surface area contributed by atoms with Crippen LogP contribution in [0.25, 0.3) is 0 Å². The van der Waals surface area contributed by atoms with Crippen LogP contribution in [0.1, 0.15) is 64.2 Å². The lowest BCUT2D eigenvalue weighted by atomic mass is 10.0. The minimum Gasteiger partial charge on any atom is -0.496 e. The Labute approximate surface area is 106 Å². The van der Waals surface area contributed by atoms with Gasteiger partial charge in [-0.3, -0.25) is 0 Å². The van der Waals surface area contributed by atoms with Gasteiger partial charge in [0.2, 0.25) is 0 Å². The molecule has 0 spiro atoms. The topological polar surface area (TPSA) is 18.5 Å². The molecule has 0 heterocycles. The molecule has 17 heavy (non-hydrogen) atoms. The van der Waals surface area contributed by atoms with Gasteiger partial charge in [0.15, 0.2) is 0 Å². The molecule has 0 aromatic rings. The van der Waals surface area contributed by atoms with Gasteiger partial charge in [0.25, 0.3) is 0 Å².